The monoisotopic (exact) mass is 299 g/mol. The molecule has 2 rings (SSSR count). The largest absolute Gasteiger partial charge is 0.483 e. The van der Waals surface area contributed by atoms with Gasteiger partial charge in [0.15, 0.2) is 12.4 Å². The molecule has 100 valence electrons. The number of Topliss-reactive ketones (excluding diaryl/α,β-unsaturated/α-hetero) is 1. The number of ether oxygens (including phenoxy) is 1. The number of oxazole rings is 1. The minimum absolute atomic E-state index is 0.117. The van der Waals surface area contributed by atoms with Gasteiger partial charge in [-0.25, -0.2) is 4.98 Å². The highest BCUT2D eigenvalue weighted by Crippen LogP contribution is 2.31. The molecule has 0 aliphatic carbocycles. The van der Waals surface area contributed by atoms with Gasteiger partial charge in [0, 0.05) is 6.07 Å². The Morgan fingerprint density at radius 3 is 2.63 bits per heavy atom. The average molecular weight is 300 g/mol. The lowest BCUT2D eigenvalue weighted by molar-refractivity contribution is 0.101. The van der Waals surface area contributed by atoms with Crippen LogP contribution < -0.4 is 4.74 Å². The molecule has 4 nitrogen and oxygen atoms in total. The van der Waals surface area contributed by atoms with E-state index >= 15 is 0 Å². The fourth-order valence-corrected chi connectivity index (χ4v) is 1.85. The van der Waals surface area contributed by atoms with E-state index in [2.05, 4.69) is 4.98 Å². The van der Waals surface area contributed by atoms with E-state index in [9.17, 15) is 4.79 Å². The van der Waals surface area contributed by atoms with Gasteiger partial charge in [-0.3, -0.25) is 4.79 Å². The molecule has 0 fully saturated rings. The van der Waals surface area contributed by atoms with E-state index < -0.39 is 0 Å². The molecule has 0 atom stereocenters. The minimum Gasteiger partial charge on any atom is -0.483 e. The summed E-state index contributed by atoms with van der Waals surface area (Å²) in [5, 5.41) is 0.636. The maximum atomic E-state index is 11.5. The van der Waals surface area contributed by atoms with Crippen LogP contribution in [0.2, 0.25) is 10.0 Å². The Balaban J connectivity index is 2.23. The number of aromatic nitrogens is 1. The first-order chi connectivity index (χ1) is 8.97. The summed E-state index contributed by atoms with van der Waals surface area (Å²) in [7, 11) is 0. The molecule has 6 heteroatoms. The van der Waals surface area contributed by atoms with Crippen molar-refractivity contribution in [1.29, 1.82) is 0 Å². The van der Waals surface area contributed by atoms with Crippen molar-refractivity contribution in [3.05, 3.63) is 45.6 Å². The van der Waals surface area contributed by atoms with Crippen molar-refractivity contribution < 1.29 is 13.9 Å². The molecule has 0 saturated heterocycles. The predicted molar refractivity (Wildman–Crippen MR) is 72.0 cm³/mol. The molecule has 0 unspecified atom stereocenters. The quantitative estimate of drug-likeness (QED) is 0.799. The standard InChI is InChI=1S/C13H11Cl2NO3/c1-7-5-16-13(19-7)6-18-12-4-11(15)10(14)3-9(12)8(2)17/h3-5H,6H2,1-2H3. The molecule has 0 radical (unpaired) electrons. The molecule has 0 amide bonds. The highest BCUT2D eigenvalue weighted by Gasteiger charge is 2.13. The number of aryl methyl sites for hydroxylation is 1. The Kier molecular flexibility index (Phi) is 4.12. The molecular formula is C13H11Cl2NO3. The average Bonchev–Trinajstić information content (AvgIpc) is 2.76. The van der Waals surface area contributed by atoms with Crippen molar-refractivity contribution in [2.75, 3.05) is 0 Å². The molecule has 1 heterocycles. The van der Waals surface area contributed by atoms with Crippen LogP contribution >= 0.6 is 23.2 Å². The molecule has 19 heavy (non-hydrogen) atoms. The summed E-state index contributed by atoms with van der Waals surface area (Å²) in [4.78, 5) is 15.5. The number of ketones is 1. The van der Waals surface area contributed by atoms with Crippen molar-refractivity contribution in [3.63, 3.8) is 0 Å². The molecule has 0 bridgehead atoms. The lowest BCUT2D eigenvalue weighted by Gasteiger charge is -2.09. The van der Waals surface area contributed by atoms with Gasteiger partial charge in [-0.15, -0.1) is 0 Å². The molecule has 0 aliphatic rings. The second-order valence-corrected chi connectivity index (χ2v) is 4.79. The molecule has 0 N–H and O–H groups in total. The van der Waals surface area contributed by atoms with Crippen LogP contribution in [0.3, 0.4) is 0 Å². The van der Waals surface area contributed by atoms with Crippen LogP contribution in [0.5, 0.6) is 5.75 Å². The molecule has 0 spiro atoms. The summed E-state index contributed by atoms with van der Waals surface area (Å²) >= 11 is 11.8. The third-order valence-corrected chi connectivity index (χ3v) is 3.14. The van der Waals surface area contributed by atoms with Gasteiger partial charge in [0.1, 0.15) is 11.5 Å². The number of nitrogens with zero attached hydrogens (tertiary/aromatic N) is 1. The number of carbonyl (C=O) groups excluding carboxylic acids is 1. The smallest absolute Gasteiger partial charge is 0.232 e. The first kappa shape index (κ1) is 13.9. The van der Waals surface area contributed by atoms with Crippen molar-refractivity contribution in [2.24, 2.45) is 0 Å². The first-order valence-electron chi connectivity index (χ1n) is 5.51. The van der Waals surface area contributed by atoms with Gasteiger partial charge in [0.2, 0.25) is 5.89 Å². The zero-order valence-electron chi connectivity index (χ0n) is 10.4. The third kappa shape index (κ3) is 3.28. The van der Waals surface area contributed by atoms with Crippen LogP contribution in [0.4, 0.5) is 0 Å². The van der Waals surface area contributed by atoms with Gasteiger partial charge in [-0.2, -0.15) is 0 Å². The van der Waals surface area contributed by atoms with E-state index in [4.69, 9.17) is 32.4 Å². The molecule has 0 saturated carbocycles. The summed E-state index contributed by atoms with van der Waals surface area (Å²) in [5.41, 5.74) is 0.373. The Morgan fingerprint density at radius 1 is 1.37 bits per heavy atom. The molecule has 1 aromatic heterocycles. The fourth-order valence-electron chi connectivity index (χ4n) is 1.53. The van der Waals surface area contributed by atoms with Crippen LogP contribution in [-0.4, -0.2) is 10.8 Å². The van der Waals surface area contributed by atoms with Crippen LogP contribution in [0, 0.1) is 6.92 Å². The zero-order chi connectivity index (χ0) is 14.0. The van der Waals surface area contributed by atoms with Crippen molar-refractivity contribution in [3.8, 4) is 5.75 Å². The number of hydrogen-bond acceptors (Lipinski definition) is 4. The normalized spacial score (nSPS) is 10.5. The SMILES string of the molecule is CC(=O)c1cc(Cl)c(Cl)cc1OCc1ncc(C)o1. The van der Waals surface area contributed by atoms with E-state index in [1.54, 1.807) is 13.1 Å². The van der Waals surface area contributed by atoms with Crippen molar-refractivity contribution in [2.45, 2.75) is 20.5 Å². The van der Waals surface area contributed by atoms with Gasteiger partial charge in [0.05, 0.1) is 21.8 Å². The highest BCUT2D eigenvalue weighted by atomic mass is 35.5. The number of halogens is 2. The van der Waals surface area contributed by atoms with Crippen LogP contribution in [0.1, 0.15) is 28.9 Å². The lowest BCUT2D eigenvalue weighted by atomic mass is 10.1. The molecular weight excluding hydrogens is 289 g/mol. The Hall–Kier alpha value is -1.52. The molecule has 2 aromatic rings. The van der Waals surface area contributed by atoms with Gasteiger partial charge in [0.25, 0.3) is 0 Å². The number of rotatable bonds is 4. The fraction of sp³-hybridized carbons (Fsp3) is 0.231. The zero-order valence-corrected chi connectivity index (χ0v) is 11.9. The second-order valence-electron chi connectivity index (χ2n) is 3.97. The lowest BCUT2D eigenvalue weighted by Crippen LogP contribution is -2.02. The van der Waals surface area contributed by atoms with Crippen LogP contribution in [0.25, 0.3) is 0 Å². The highest BCUT2D eigenvalue weighted by molar-refractivity contribution is 6.42. The van der Waals surface area contributed by atoms with Crippen LogP contribution in [0.15, 0.2) is 22.7 Å². The second kappa shape index (κ2) is 5.63. The topological polar surface area (TPSA) is 52.3 Å². The van der Waals surface area contributed by atoms with Gasteiger partial charge < -0.3 is 9.15 Å². The van der Waals surface area contributed by atoms with E-state index in [0.29, 0.717) is 33.0 Å². The summed E-state index contributed by atoms with van der Waals surface area (Å²) in [5.74, 6) is 1.33. The van der Waals surface area contributed by atoms with E-state index in [1.807, 2.05) is 0 Å². The molecule has 1 aromatic carbocycles. The Labute approximate surface area is 120 Å². The number of benzene rings is 1. The van der Waals surface area contributed by atoms with Gasteiger partial charge in [-0.05, 0) is 19.9 Å². The number of hydrogen-bond donors (Lipinski definition) is 0. The van der Waals surface area contributed by atoms with Gasteiger partial charge in [-0.1, -0.05) is 23.2 Å². The Bertz CT molecular complexity index is 622. The summed E-state index contributed by atoms with van der Waals surface area (Å²) in [6, 6.07) is 3.00. The molecule has 0 aliphatic heterocycles. The maximum Gasteiger partial charge on any atom is 0.232 e. The van der Waals surface area contributed by atoms with E-state index in [-0.39, 0.29) is 12.4 Å². The summed E-state index contributed by atoms with van der Waals surface area (Å²) in [6.07, 6.45) is 1.60. The van der Waals surface area contributed by atoms with Crippen LogP contribution in [-0.2, 0) is 6.61 Å². The minimum atomic E-state index is -0.155. The summed E-state index contributed by atoms with van der Waals surface area (Å²) < 4.78 is 10.8. The van der Waals surface area contributed by atoms with Crippen molar-refractivity contribution >= 4 is 29.0 Å². The maximum absolute atomic E-state index is 11.5. The van der Waals surface area contributed by atoms with E-state index in [0.717, 1.165) is 0 Å². The number of carbonyl (C=O) groups is 1. The van der Waals surface area contributed by atoms with E-state index in [1.165, 1.54) is 19.1 Å². The Morgan fingerprint density at radius 2 is 2.05 bits per heavy atom. The van der Waals surface area contributed by atoms with Gasteiger partial charge >= 0.3 is 0 Å². The first-order valence-corrected chi connectivity index (χ1v) is 6.27. The third-order valence-electron chi connectivity index (χ3n) is 2.42. The van der Waals surface area contributed by atoms with Crippen molar-refractivity contribution in [1.82, 2.24) is 4.98 Å². The predicted octanol–water partition coefficient (Wildman–Crippen LogP) is 4.07. The summed E-state index contributed by atoms with van der Waals surface area (Å²) in [6.45, 7) is 3.34.